The smallest absolute Gasteiger partial charge is 0.146 e. The number of halogens is 2. The molecule has 0 fully saturated rings. The number of aryl methyl sites for hydroxylation is 1. The van der Waals surface area contributed by atoms with Crippen molar-refractivity contribution < 1.29 is 8.78 Å². The second-order valence-corrected chi connectivity index (χ2v) is 4.19. The highest BCUT2D eigenvalue weighted by Crippen LogP contribution is 2.22. The van der Waals surface area contributed by atoms with Gasteiger partial charge in [-0.3, -0.25) is 0 Å². The van der Waals surface area contributed by atoms with E-state index >= 15 is 0 Å². The van der Waals surface area contributed by atoms with Crippen molar-refractivity contribution in [1.29, 1.82) is 5.26 Å². The van der Waals surface area contributed by atoms with Crippen molar-refractivity contribution in [3.63, 3.8) is 0 Å². The summed E-state index contributed by atoms with van der Waals surface area (Å²) in [6.07, 6.45) is 0. The fourth-order valence-electron chi connectivity index (χ4n) is 1.71. The van der Waals surface area contributed by atoms with E-state index < -0.39 is 11.9 Å². The zero-order chi connectivity index (χ0) is 13.8. The summed E-state index contributed by atoms with van der Waals surface area (Å²) in [5.41, 5.74) is 1.19. The minimum atomic E-state index is -0.799. The summed E-state index contributed by atoms with van der Waals surface area (Å²) >= 11 is 0. The fraction of sp³-hybridized carbons (Fsp3) is 0.133. The molecule has 1 unspecified atom stereocenters. The molecular weight excluding hydrogens is 246 g/mol. The van der Waals surface area contributed by atoms with Crippen molar-refractivity contribution in [1.82, 2.24) is 0 Å². The summed E-state index contributed by atoms with van der Waals surface area (Å²) in [5, 5.41) is 11.9. The van der Waals surface area contributed by atoms with Gasteiger partial charge >= 0.3 is 0 Å². The van der Waals surface area contributed by atoms with Crippen LogP contribution in [0.5, 0.6) is 0 Å². The highest BCUT2D eigenvalue weighted by molar-refractivity contribution is 5.48. The average molecular weight is 258 g/mol. The van der Waals surface area contributed by atoms with E-state index in [1.54, 1.807) is 31.2 Å². The Morgan fingerprint density at radius 3 is 2.47 bits per heavy atom. The van der Waals surface area contributed by atoms with Crippen LogP contribution >= 0.6 is 0 Å². The molecule has 0 amide bonds. The molecule has 0 bridgehead atoms. The lowest BCUT2D eigenvalue weighted by Gasteiger charge is -2.14. The first kappa shape index (κ1) is 13.0. The van der Waals surface area contributed by atoms with Gasteiger partial charge in [0.05, 0.1) is 11.8 Å². The number of nitriles is 1. The summed E-state index contributed by atoms with van der Waals surface area (Å²) in [6, 6.07) is 11.8. The van der Waals surface area contributed by atoms with Crippen LogP contribution in [0.1, 0.15) is 17.2 Å². The number of benzene rings is 2. The van der Waals surface area contributed by atoms with Crippen molar-refractivity contribution in [3.05, 3.63) is 65.2 Å². The van der Waals surface area contributed by atoms with Gasteiger partial charge in [0.1, 0.15) is 17.7 Å². The van der Waals surface area contributed by atoms with E-state index in [4.69, 9.17) is 5.26 Å². The fourth-order valence-corrected chi connectivity index (χ4v) is 1.71. The van der Waals surface area contributed by atoms with Gasteiger partial charge < -0.3 is 5.32 Å². The Bertz CT molecular complexity index is 632. The van der Waals surface area contributed by atoms with E-state index in [-0.39, 0.29) is 11.5 Å². The van der Waals surface area contributed by atoms with Crippen LogP contribution in [-0.4, -0.2) is 0 Å². The molecule has 0 aliphatic carbocycles. The molecule has 0 saturated heterocycles. The highest BCUT2D eigenvalue weighted by Gasteiger charge is 2.13. The van der Waals surface area contributed by atoms with Gasteiger partial charge in [0.2, 0.25) is 0 Å². The number of nitrogens with zero attached hydrogens (tertiary/aromatic N) is 1. The molecule has 0 heterocycles. The number of para-hydroxylation sites is 1. The third kappa shape index (κ3) is 2.89. The van der Waals surface area contributed by atoms with E-state index in [1.807, 2.05) is 6.07 Å². The largest absolute Gasteiger partial charge is 0.364 e. The minimum Gasteiger partial charge on any atom is -0.364 e. The van der Waals surface area contributed by atoms with E-state index in [0.29, 0.717) is 11.1 Å². The van der Waals surface area contributed by atoms with Crippen molar-refractivity contribution in [2.45, 2.75) is 13.0 Å². The van der Waals surface area contributed by atoms with E-state index in [1.165, 1.54) is 18.2 Å². The maximum atomic E-state index is 13.5. The molecule has 0 aromatic heterocycles. The molecule has 19 heavy (non-hydrogen) atoms. The Morgan fingerprint density at radius 1 is 1.11 bits per heavy atom. The third-order valence-electron chi connectivity index (χ3n) is 2.83. The van der Waals surface area contributed by atoms with Crippen molar-refractivity contribution in [2.24, 2.45) is 0 Å². The lowest BCUT2D eigenvalue weighted by molar-refractivity contribution is 0.615. The molecule has 96 valence electrons. The molecule has 2 nitrogen and oxygen atoms in total. The summed E-state index contributed by atoms with van der Waals surface area (Å²) in [4.78, 5) is 0. The van der Waals surface area contributed by atoms with Gasteiger partial charge in [-0.25, -0.2) is 8.78 Å². The van der Waals surface area contributed by atoms with Crippen molar-refractivity contribution >= 4 is 5.69 Å². The summed E-state index contributed by atoms with van der Waals surface area (Å²) < 4.78 is 27.0. The first-order valence-electron chi connectivity index (χ1n) is 5.78. The van der Waals surface area contributed by atoms with Gasteiger partial charge in [0.25, 0.3) is 0 Å². The predicted octanol–water partition coefficient (Wildman–Crippen LogP) is 3.95. The predicted molar refractivity (Wildman–Crippen MR) is 69.5 cm³/mol. The topological polar surface area (TPSA) is 35.8 Å². The second kappa shape index (κ2) is 5.49. The summed E-state index contributed by atoms with van der Waals surface area (Å²) in [5.74, 6) is -0.830. The van der Waals surface area contributed by atoms with E-state index in [2.05, 4.69) is 5.32 Å². The minimum absolute atomic E-state index is 0.218. The SMILES string of the molecule is Cc1ccc(C(C#N)Nc2ccccc2F)cc1F. The first-order valence-corrected chi connectivity index (χ1v) is 5.78. The van der Waals surface area contributed by atoms with E-state index in [9.17, 15) is 8.78 Å². The maximum absolute atomic E-state index is 13.5. The quantitative estimate of drug-likeness (QED) is 0.904. The van der Waals surface area contributed by atoms with Gasteiger partial charge in [0.15, 0.2) is 0 Å². The van der Waals surface area contributed by atoms with Gasteiger partial charge in [0, 0.05) is 0 Å². The lowest BCUT2D eigenvalue weighted by Crippen LogP contribution is -2.10. The molecule has 1 atom stereocenters. The molecule has 0 spiro atoms. The normalized spacial score (nSPS) is 11.7. The Morgan fingerprint density at radius 2 is 1.84 bits per heavy atom. The molecular formula is C15H12F2N2. The molecule has 0 radical (unpaired) electrons. The maximum Gasteiger partial charge on any atom is 0.146 e. The average Bonchev–Trinajstić information content (AvgIpc) is 2.41. The number of rotatable bonds is 3. The van der Waals surface area contributed by atoms with Crippen LogP contribution in [0.3, 0.4) is 0 Å². The number of hydrogen-bond acceptors (Lipinski definition) is 2. The second-order valence-electron chi connectivity index (χ2n) is 4.19. The molecule has 0 saturated carbocycles. The van der Waals surface area contributed by atoms with Gasteiger partial charge in [-0.15, -0.1) is 0 Å². The standard InChI is InChI=1S/C15H12F2N2/c1-10-6-7-11(8-13(10)17)15(9-18)19-14-5-3-2-4-12(14)16/h2-8,15,19H,1H3. The highest BCUT2D eigenvalue weighted by atomic mass is 19.1. The summed E-state index contributed by atoms with van der Waals surface area (Å²) in [6.45, 7) is 1.64. The van der Waals surface area contributed by atoms with Crippen LogP contribution in [0.2, 0.25) is 0 Å². The molecule has 1 N–H and O–H groups in total. The van der Waals surface area contributed by atoms with Gasteiger partial charge in [-0.1, -0.05) is 24.3 Å². The zero-order valence-electron chi connectivity index (χ0n) is 10.3. The molecule has 0 aliphatic rings. The van der Waals surface area contributed by atoms with Gasteiger partial charge in [-0.05, 0) is 36.2 Å². The van der Waals surface area contributed by atoms with E-state index in [0.717, 1.165) is 0 Å². The van der Waals surface area contributed by atoms with Crippen LogP contribution in [-0.2, 0) is 0 Å². The first-order chi connectivity index (χ1) is 9.11. The molecule has 2 aromatic rings. The van der Waals surface area contributed by atoms with Crippen LogP contribution in [0, 0.1) is 29.9 Å². The van der Waals surface area contributed by atoms with Gasteiger partial charge in [-0.2, -0.15) is 5.26 Å². The Labute approximate surface area is 110 Å². The Hall–Kier alpha value is -2.41. The van der Waals surface area contributed by atoms with Crippen LogP contribution in [0.25, 0.3) is 0 Å². The molecule has 2 aromatic carbocycles. The van der Waals surface area contributed by atoms with Crippen LogP contribution in [0.4, 0.5) is 14.5 Å². The third-order valence-corrected chi connectivity index (χ3v) is 2.83. The monoisotopic (exact) mass is 258 g/mol. The molecule has 0 aliphatic heterocycles. The van der Waals surface area contributed by atoms with Crippen LogP contribution in [0.15, 0.2) is 42.5 Å². The van der Waals surface area contributed by atoms with Crippen molar-refractivity contribution in [3.8, 4) is 6.07 Å². The number of nitrogens with one attached hydrogen (secondary N) is 1. The zero-order valence-corrected chi connectivity index (χ0v) is 10.3. The number of anilines is 1. The summed E-state index contributed by atoms with van der Waals surface area (Å²) in [7, 11) is 0. The Balaban J connectivity index is 2.28. The molecule has 2 rings (SSSR count). The number of hydrogen-bond donors (Lipinski definition) is 1. The molecule has 4 heteroatoms. The Kier molecular flexibility index (Phi) is 3.76. The lowest BCUT2D eigenvalue weighted by atomic mass is 10.1. The van der Waals surface area contributed by atoms with Crippen molar-refractivity contribution in [2.75, 3.05) is 5.32 Å². The van der Waals surface area contributed by atoms with Crippen LogP contribution < -0.4 is 5.32 Å².